The number of allylic oxidation sites excluding steroid dienone is 3. The maximum Gasteiger partial charge on any atom is -0.0182 e. The minimum atomic E-state index is 1.19. The SMILES string of the molecule is C=C/C(=C\C)c1cc(C)c(C)c(CCCC)c1. The van der Waals surface area contributed by atoms with Crippen molar-refractivity contribution in [3.05, 3.63) is 53.1 Å². The van der Waals surface area contributed by atoms with Crippen molar-refractivity contribution in [1.29, 1.82) is 0 Å². The molecule has 92 valence electrons. The Kier molecular flexibility index (Phi) is 5.21. The van der Waals surface area contributed by atoms with Crippen molar-refractivity contribution < 1.29 is 0 Å². The van der Waals surface area contributed by atoms with Crippen molar-refractivity contribution in [2.75, 3.05) is 0 Å². The Labute approximate surface area is 106 Å². The zero-order valence-corrected chi connectivity index (χ0v) is 11.6. The van der Waals surface area contributed by atoms with Crippen LogP contribution in [-0.2, 0) is 6.42 Å². The molecule has 0 aliphatic heterocycles. The first-order chi connectivity index (χ1) is 8.13. The van der Waals surface area contributed by atoms with E-state index in [1.807, 2.05) is 6.08 Å². The number of hydrogen-bond donors (Lipinski definition) is 0. The van der Waals surface area contributed by atoms with E-state index in [1.165, 1.54) is 47.1 Å². The molecule has 0 unspecified atom stereocenters. The van der Waals surface area contributed by atoms with Gasteiger partial charge in [0.2, 0.25) is 0 Å². The first kappa shape index (κ1) is 13.8. The lowest BCUT2D eigenvalue weighted by Gasteiger charge is -2.12. The fourth-order valence-corrected chi connectivity index (χ4v) is 2.13. The molecule has 17 heavy (non-hydrogen) atoms. The average molecular weight is 228 g/mol. The Hall–Kier alpha value is -1.30. The molecular weight excluding hydrogens is 204 g/mol. The van der Waals surface area contributed by atoms with E-state index in [0.29, 0.717) is 0 Å². The molecule has 1 aromatic rings. The molecule has 0 nitrogen and oxygen atoms in total. The van der Waals surface area contributed by atoms with Crippen LogP contribution in [0.4, 0.5) is 0 Å². The molecule has 1 aromatic carbocycles. The summed E-state index contributed by atoms with van der Waals surface area (Å²) in [6.45, 7) is 12.6. The van der Waals surface area contributed by atoms with Crippen molar-refractivity contribution >= 4 is 5.57 Å². The van der Waals surface area contributed by atoms with Gasteiger partial charge in [-0.2, -0.15) is 0 Å². The van der Waals surface area contributed by atoms with Crippen LogP contribution < -0.4 is 0 Å². The molecule has 0 amide bonds. The van der Waals surface area contributed by atoms with Crippen molar-refractivity contribution in [1.82, 2.24) is 0 Å². The lowest BCUT2D eigenvalue weighted by molar-refractivity contribution is 0.790. The standard InChI is InChI=1S/C17H24/c1-6-9-10-16-12-17(15(7-2)8-3)11-13(4)14(16)5/h7-8,11-12H,2,6,9-10H2,1,3-5H3/b15-8+. The lowest BCUT2D eigenvalue weighted by atomic mass is 9.93. The van der Waals surface area contributed by atoms with Crippen LogP contribution in [0.3, 0.4) is 0 Å². The van der Waals surface area contributed by atoms with Gasteiger partial charge in [-0.1, -0.05) is 44.2 Å². The smallest absolute Gasteiger partial charge is 0.0182 e. The summed E-state index contributed by atoms with van der Waals surface area (Å²) in [4.78, 5) is 0. The van der Waals surface area contributed by atoms with E-state index in [-0.39, 0.29) is 0 Å². The minimum absolute atomic E-state index is 1.19. The number of unbranched alkanes of at least 4 members (excludes halogenated alkanes) is 1. The van der Waals surface area contributed by atoms with Gasteiger partial charge in [0.05, 0.1) is 0 Å². The predicted molar refractivity (Wildman–Crippen MR) is 78.4 cm³/mol. The average Bonchev–Trinajstić information content (AvgIpc) is 2.33. The van der Waals surface area contributed by atoms with Gasteiger partial charge in [-0.05, 0) is 61.4 Å². The van der Waals surface area contributed by atoms with E-state index in [2.05, 4.69) is 52.5 Å². The normalized spacial score (nSPS) is 11.6. The molecule has 0 saturated heterocycles. The maximum absolute atomic E-state index is 3.88. The lowest BCUT2D eigenvalue weighted by Crippen LogP contribution is -1.95. The van der Waals surface area contributed by atoms with Crippen LogP contribution in [0.1, 0.15) is 48.9 Å². The molecule has 0 heterocycles. The highest BCUT2D eigenvalue weighted by Crippen LogP contribution is 2.23. The van der Waals surface area contributed by atoms with Crippen molar-refractivity contribution in [2.45, 2.75) is 47.0 Å². The first-order valence-electron chi connectivity index (χ1n) is 6.53. The van der Waals surface area contributed by atoms with Crippen LogP contribution in [0.15, 0.2) is 30.9 Å². The van der Waals surface area contributed by atoms with Gasteiger partial charge in [-0.15, -0.1) is 0 Å². The monoisotopic (exact) mass is 228 g/mol. The van der Waals surface area contributed by atoms with E-state index in [4.69, 9.17) is 0 Å². The summed E-state index contributed by atoms with van der Waals surface area (Å²) in [5.41, 5.74) is 6.85. The summed E-state index contributed by atoms with van der Waals surface area (Å²) in [6, 6.07) is 4.59. The van der Waals surface area contributed by atoms with E-state index in [9.17, 15) is 0 Å². The molecule has 0 bridgehead atoms. The molecule has 0 aliphatic rings. The highest BCUT2D eigenvalue weighted by atomic mass is 14.1. The van der Waals surface area contributed by atoms with Crippen LogP contribution in [0.2, 0.25) is 0 Å². The summed E-state index contributed by atoms with van der Waals surface area (Å²) < 4.78 is 0. The maximum atomic E-state index is 3.88. The van der Waals surface area contributed by atoms with E-state index in [1.54, 1.807) is 0 Å². The summed E-state index contributed by atoms with van der Waals surface area (Å²) in [7, 11) is 0. The molecule has 0 aliphatic carbocycles. The minimum Gasteiger partial charge on any atom is -0.0985 e. The van der Waals surface area contributed by atoms with Crippen molar-refractivity contribution in [3.63, 3.8) is 0 Å². The largest absolute Gasteiger partial charge is 0.0985 e. The molecular formula is C17H24. The third-order valence-electron chi connectivity index (χ3n) is 3.44. The quantitative estimate of drug-likeness (QED) is 0.605. The van der Waals surface area contributed by atoms with Gasteiger partial charge in [-0.3, -0.25) is 0 Å². The van der Waals surface area contributed by atoms with Crippen LogP contribution in [0.25, 0.3) is 5.57 Å². The van der Waals surface area contributed by atoms with Gasteiger partial charge < -0.3 is 0 Å². The summed E-state index contributed by atoms with van der Waals surface area (Å²) in [5, 5.41) is 0. The third kappa shape index (κ3) is 3.33. The van der Waals surface area contributed by atoms with Crippen molar-refractivity contribution in [2.24, 2.45) is 0 Å². The highest BCUT2D eigenvalue weighted by molar-refractivity contribution is 5.74. The van der Waals surface area contributed by atoms with Gasteiger partial charge in [0.25, 0.3) is 0 Å². The fraction of sp³-hybridized carbons (Fsp3) is 0.412. The van der Waals surface area contributed by atoms with Gasteiger partial charge in [0, 0.05) is 0 Å². The van der Waals surface area contributed by atoms with Gasteiger partial charge >= 0.3 is 0 Å². The highest BCUT2D eigenvalue weighted by Gasteiger charge is 2.05. The Morgan fingerprint density at radius 3 is 2.53 bits per heavy atom. The second kappa shape index (κ2) is 6.44. The Morgan fingerprint density at radius 1 is 1.29 bits per heavy atom. The Bertz CT molecular complexity index is 422. The van der Waals surface area contributed by atoms with Gasteiger partial charge in [-0.25, -0.2) is 0 Å². The van der Waals surface area contributed by atoms with E-state index in [0.717, 1.165) is 0 Å². The van der Waals surface area contributed by atoms with E-state index < -0.39 is 0 Å². The molecule has 0 atom stereocenters. The van der Waals surface area contributed by atoms with Crippen LogP contribution >= 0.6 is 0 Å². The van der Waals surface area contributed by atoms with E-state index >= 15 is 0 Å². The van der Waals surface area contributed by atoms with Gasteiger partial charge in [0.15, 0.2) is 0 Å². The predicted octanol–water partition coefficient (Wildman–Crippen LogP) is 5.24. The Morgan fingerprint density at radius 2 is 2.00 bits per heavy atom. The zero-order valence-electron chi connectivity index (χ0n) is 11.6. The molecule has 0 spiro atoms. The number of rotatable bonds is 5. The number of hydrogen-bond acceptors (Lipinski definition) is 0. The molecule has 0 fully saturated rings. The number of aryl methyl sites for hydroxylation is 2. The second-order valence-corrected chi connectivity index (χ2v) is 4.63. The van der Waals surface area contributed by atoms with Crippen LogP contribution in [-0.4, -0.2) is 0 Å². The molecule has 0 saturated carbocycles. The molecule has 1 rings (SSSR count). The second-order valence-electron chi connectivity index (χ2n) is 4.63. The van der Waals surface area contributed by atoms with Crippen molar-refractivity contribution in [3.8, 4) is 0 Å². The summed E-state index contributed by atoms with van der Waals surface area (Å²) >= 11 is 0. The van der Waals surface area contributed by atoms with Gasteiger partial charge in [0.1, 0.15) is 0 Å². The fourth-order valence-electron chi connectivity index (χ4n) is 2.13. The summed E-state index contributed by atoms with van der Waals surface area (Å²) in [5.74, 6) is 0. The molecule has 0 N–H and O–H groups in total. The molecule has 0 radical (unpaired) electrons. The molecule has 0 heteroatoms. The third-order valence-corrected chi connectivity index (χ3v) is 3.44. The molecule has 0 aromatic heterocycles. The zero-order chi connectivity index (χ0) is 12.8. The van der Waals surface area contributed by atoms with Crippen LogP contribution in [0.5, 0.6) is 0 Å². The number of benzene rings is 1. The Balaban J connectivity index is 3.18. The topological polar surface area (TPSA) is 0 Å². The van der Waals surface area contributed by atoms with Crippen LogP contribution in [0, 0.1) is 13.8 Å². The summed E-state index contributed by atoms with van der Waals surface area (Å²) in [6.07, 6.45) is 7.77. The first-order valence-corrected chi connectivity index (χ1v) is 6.53.